The summed E-state index contributed by atoms with van der Waals surface area (Å²) in [5, 5.41) is 12.0. The molecule has 34 heavy (non-hydrogen) atoms. The maximum Gasteiger partial charge on any atom is 0.156 e. The van der Waals surface area contributed by atoms with Gasteiger partial charge >= 0.3 is 0 Å². The van der Waals surface area contributed by atoms with Gasteiger partial charge < -0.3 is 10.0 Å². The van der Waals surface area contributed by atoms with Crippen molar-refractivity contribution in [3.63, 3.8) is 0 Å². The first kappa shape index (κ1) is 25.2. The van der Waals surface area contributed by atoms with Crippen LogP contribution in [-0.4, -0.2) is 30.6 Å². The van der Waals surface area contributed by atoms with Crippen LogP contribution in [0.4, 0.5) is 5.69 Å². The molecule has 0 amide bonds. The number of carbonyl (C=O) groups excluding carboxylic acids is 1. The van der Waals surface area contributed by atoms with Crippen molar-refractivity contribution >= 4 is 11.5 Å². The van der Waals surface area contributed by atoms with Gasteiger partial charge in [-0.25, -0.2) is 0 Å². The molecule has 0 bridgehead atoms. The molecule has 0 spiro atoms. The zero-order valence-electron chi connectivity index (χ0n) is 21.0. The Morgan fingerprint density at radius 3 is 2.50 bits per heavy atom. The number of hydrogen-bond donors (Lipinski definition) is 1. The highest BCUT2D eigenvalue weighted by Crippen LogP contribution is 2.67. The molecule has 5 atom stereocenters. The third kappa shape index (κ3) is 3.88. The third-order valence-corrected chi connectivity index (χ3v) is 9.81. The van der Waals surface area contributed by atoms with E-state index >= 15 is 0 Å². The third-order valence-electron chi connectivity index (χ3n) is 9.81. The summed E-state index contributed by atoms with van der Waals surface area (Å²) in [5.41, 5.74) is 6.45. The van der Waals surface area contributed by atoms with E-state index in [1.807, 2.05) is 6.08 Å². The summed E-state index contributed by atoms with van der Waals surface area (Å²) in [4.78, 5) is 14.4. The van der Waals surface area contributed by atoms with Gasteiger partial charge in [0.15, 0.2) is 5.78 Å². The quantitative estimate of drug-likeness (QED) is 0.501. The summed E-state index contributed by atoms with van der Waals surface area (Å²) in [6, 6.07) is 9.12. The van der Waals surface area contributed by atoms with E-state index in [1.165, 1.54) is 22.4 Å². The normalized spacial score (nSPS) is 34.6. The Morgan fingerprint density at radius 2 is 1.82 bits per heavy atom. The molecular weight excluding hydrogens is 418 g/mol. The van der Waals surface area contributed by atoms with Gasteiger partial charge in [0, 0.05) is 37.5 Å². The van der Waals surface area contributed by atoms with Crippen LogP contribution in [0.2, 0.25) is 0 Å². The largest absolute Gasteiger partial charge is 0.389 e. The number of unbranched alkanes of at least 4 members (excludes halogenated alkanes) is 1. The predicted molar refractivity (Wildman–Crippen MR) is 142 cm³/mol. The van der Waals surface area contributed by atoms with Crippen molar-refractivity contribution in [2.75, 3.05) is 19.0 Å². The first-order valence-electron chi connectivity index (χ1n) is 13.2. The smallest absolute Gasteiger partial charge is 0.156 e. The summed E-state index contributed by atoms with van der Waals surface area (Å²) in [7, 11) is 4.18. The monoisotopic (exact) mass is 463 g/mol. The number of hydrogen-bond acceptors (Lipinski definition) is 3. The van der Waals surface area contributed by atoms with Gasteiger partial charge in [-0.05, 0) is 91.7 Å². The van der Waals surface area contributed by atoms with Crippen LogP contribution in [0.5, 0.6) is 0 Å². The zero-order chi connectivity index (χ0) is 23.4. The number of aliphatic hydroxyl groups is 1. The van der Waals surface area contributed by atoms with E-state index in [2.05, 4.69) is 57.1 Å². The van der Waals surface area contributed by atoms with E-state index in [9.17, 15) is 9.90 Å². The summed E-state index contributed by atoms with van der Waals surface area (Å²) in [5.74, 6) is 1.73. The average molecular weight is 464 g/mol. The molecule has 1 N–H and O–H groups in total. The van der Waals surface area contributed by atoms with Gasteiger partial charge in [0.2, 0.25) is 0 Å². The number of carbonyl (C=O) groups is 1. The second kappa shape index (κ2) is 9.30. The SMILES string of the molecule is C.CCCC[C@@]1(O)CCC2C3CCC4=CC(=O)CCC4=C3[C@@H](c3ccc(N(C)C)cc3)C[C@]21C. The van der Waals surface area contributed by atoms with Crippen molar-refractivity contribution in [2.45, 2.75) is 97.0 Å². The lowest BCUT2D eigenvalue weighted by atomic mass is 9.51. The number of anilines is 1. The second-order valence-electron chi connectivity index (χ2n) is 11.7. The van der Waals surface area contributed by atoms with Crippen LogP contribution in [0.25, 0.3) is 0 Å². The molecule has 0 aliphatic heterocycles. The minimum absolute atomic E-state index is 0. The van der Waals surface area contributed by atoms with Crippen molar-refractivity contribution in [2.24, 2.45) is 17.3 Å². The Balaban J connectivity index is 0.00000274. The Labute approximate surface area is 207 Å². The van der Waals surface area contributed by atoms with Gasteiger partial charge in [-0.15, -0.1) is 0 Å². The average Bonchev–Trinajstić information content (AvgIpc) is 3.07. The van der Waals surface area contributed by atoms with Crippen molar-refractivity contribution in [1.82, 2.24) is 0 Å². The first-order valence-corrected chi connectivity index (χ1v) is 13.2. The zero-order valence-corrected chi connectivity index (χ0v) is 21.0. The van der Waals surface area contributed by atoms with Crippen LogP contribution in [0.1, 0.15) is 97.0 Å². The Bertz CT molecular complexity index is 987. The highest BCUT2D eigenvalue weighted by molar-refractivity contribution is 5.93. The Morgan fingerprint density at radius 1 is 1.09 bits per heavy atom. The van der Waals surface area contributed by atoms with Crippen LogP contribution < -0.4 is 4.90 Å². The van der Waals surface area contributed by atoms with Gasteiger partial charge in [0.1, 0.15) is 0 Å². The lowest BCUT2D eigenvalue weighted by Gasteiger charge is -2.55. The predicted octanol–water partition coefficient (Wildman–Crippen LogP) is 7.21. The number of allylic oxidation sites excluding steroid dienone is 4. The van der Waals surface area contributed by atoms with Gasteiger partial charge in [-0.1, -0.05) is 51.8 Å². The topological polar surface area (TPSA) is 40.5 Å². The molecule has 2 saturated carbocycles. The van der Waals surface area contributed by atoms with E-state index in [4.69, 9.17) is 0 Å². The highest BCUT2D eigenvalue weighted by Gasteiger charge is 2.62. The fourth-order valence-electron chi connectivity index (χ4n) is 7.94. The maximum absolute atomic E-state index is 12.2. The molecule has 186 valence electrons. The summed E-state index contributed by atoms with van der Waals surface area (Å²) in [6.07, 6.45) is 12.0. The standard InChI is InChI=1S/C30H41NO2.CH4/c1-5-6-16-30(33)17-15-27-25-13-9-21-18-23(32)12-14-24(21)28(25)26(19-29(27,30)2)20-7-10-22(11-8-20)31(3)4;/h7-8,10-11,18,25-27,33H,5-6,9,12-17,19H2,1-4H3;1H4/t25?,26-,27?,29-,30-;/m1./s1. The molecule has 3 nitrogen and oxygen atoms in total. The lowest BCUT2D eigenvalue weighted by molar-refractivity contribution is -0.114. The first-order chi connectivity index (χ1) is 15.8. The van der Waals surface area contributed by atoms with Gasteiger partial charge in [0.25, 0.3) is 0 Å². The van der Waals surface area contributed by atoms with E-state index in [1.54, 1.807) is 5.57 Å². The second-order valence-corrected chi connectivity index (χ2v) is 11.7. The molecule has 0 heterocycles. The number of nitrogens with zero attached hydrogens (tertiary/aromatic N) is 1. The molecule has 5 rings (SSSR count). The van der Waals surface area contributed by atoms with Crippen molar-refractivity contribution < 1.29 is 9.90 Å². The van der Waals surface area contributed by atoms with Gasteiger partial charge in [-0.2, -0.15) is 0 Å². The number of fused-ring (bicyclic) bond motifs is 4. The molecule has 1 aromatic carbocycles. The minimum Gasteiger partial charge on any atom is -0.389 e. The van der Waals surface area contributed by atoms with E-state index < -0.39 is 5.60 Å². The van der Waals surface area contributed by atoms with Gasteiger partial charge in [0.05, 0.1) is 5.60 Å². The molecule has 2 fully saturated rings. The van der Waals surface area contributed by atoms with Gasteiger partial charge in [-0.3, -0.25) is 4.79 Å². The van der Waals surface area contributed by atoms with Crippen LogP contribution in [0.15, 0.2) is 47.1 Å². The lowest BCUT2D eigenvalue weighted by Crippen LogP contribution is -2.51. The Kier molecular flexibility index (Phi) is 6.90. The molecule has 0 radical (unpaired) electrons. The van der Waals surface area contributed by atoms with Crippen LogP contribution in [0.3, 0.4) is 0 Å². The van der Waals surface area contributed by atoms with E-state index in [0.29, 0.717) is 30.0 Å². The van der Waals surface area contributed by atoms with Crippen molar-refractivity contribution in [3.8, 4) is 0 Å². The number of rotatable bonds is 5. The van der Waals surface area contributed by atoms with E-state index in [0.717, 1.165) is 57.8 Å². The highest BCUT2D eigenvalue weighted by atomic mass is 16.3. The maximum atomic E-state index is 12.2. The molecule has 2 unspecified atom stereocenters. The van der Waals surface area contributed by atoms with Crippen molar-refractivity contribution in [3.05, 3.63) is 52.6 Å². The molecular formula is C31H45NO2. The van der Waals surface area contributed by atoms with Crippen LogP contribution in [-0.2, 0) is 4.79 Å². The summed E-state index contributed by atoms with van der Waals surface area (Å²) < 4.78 is 0. The van der Waals surface area contributed by atoms with E-state index in [-0.39, 0.29) is 12.8 Å². The Hall–Kier alpha value is -1.87. The van der Waals surface area contributed by atoms with Crippen LogP contribution in [0, 0.1) is 17.3 Å². The molecule has 3 heteroatoms. The van der Waals surface area contributed by atoms with Crippen molar-refractivity contribution in [1.29, 1.82) is 0 Å². The minimum atomic E-state index is -0.551. The molecule has 4 aliphatic rings. The molecule has 0 saturated heterocycles. The fourth-order valence-corrected chi connectivity index (χ4v) is 7.94. The summed E-state index contributed by atoms with van der Waals surface area (Å²) >= 11 is 0. The fraction of sp³-hybridized carbons (Fsp3) is 0.645. The number of ketones is 1. The molecule has 0 aromatic heterocycles. The van der Waals surface area contributed by atoms with Crippen LogP contribution >= 0.6 is 0 Å². The molecule has 4 aliphatic carbocycles. The molecule has 1 aromatic rings. The number of benzene rings is 1. The summed E-state index contributed by atoms with van der Waals surface area (Å²) in [6.45, 7) is 4.65.